The first-order valence-corrected chi connectivity index (χ1v) is 8.13. The van der Waals surface area contributed by atoms with E-state index in [2.05, 4.69) is 24.5 Å². The highest BCUT2D eigenvalue weighted by molar-refractivity contribution is 5.78. The molecule has 19 heavy (non-hydrogen) atoms. The Labute approximate surface area is 117 Å². The molecule has 4 unspecified atom stereocenters. The number of carbonyl (C=O) groups is 1. The molecule has 0 radical (unpaired) electrons. The van der Waals surface area contributed by atoms with Crippen LogP contribution < -0.4 is 10.6 Å². The molecule has 0 bridgehead atoms. The quantitative estimate of drug-likeness (QED) is 0.821. The van der Waals surface area contributed by atoms with E-state index >= 15 is 0 Å². The molecule has 1 saturated heterocycles. The van der Waals surface area contributed by atoms with Crippen LogP contribution in [0.2, 0.25) is 0 Å². The van der Waals surface area contributed by atoms with Crippen molar-refractivity contribution in [2.45, 2.75) is 52.4 Å². The Kier molecular flexibility index (Phi) is 5.68. The first-order chi connectivity index (χ1) is 9.15. The van der Waals surface area contributed by atoms with Crippen molar-refractivity contribution in [1.29, 1.82) is 0 Å². The monoisotopic (exact) mass is 266 g/mol. The minimum atomic E-state index is 0.189. The Hall–Kier alpha value is -0.570. The van der Waals surface area contributed by atoms with Crippen LogP contribution in [0.1, 0.15) is 52.4 Å². The zero-order valence-electron chi connectivity index (χ0n) is 12.6. The summed E-state index contributed by atoms with van der Waals surface area (Å²) in [7, 11) is 0. The molecule has 2 N–H and O–H groups in total. The smallest absolute Gasteiger partial charge is 0.224 e. The second kappa shape index (κ2) is 7.28. The minimum Gasteiger partial charge on any atom is -0.356 e. The van der Waals surface area contributed by atoms with E-state index in [1.54, 1.807) is 0 Å². The number of amides is 1. The molecule has 2 aliphatic rings. The van der Waals surface area contributed by atoms with Crippen LogP contribution in [0.3, 0.4) is 0 Å². The lowest BCUT2D eigenvalue weighted by Crippen LogP contribution is -2.43. The molecule has 110 valence electrons. The van der Waals surface area contributed by atoms with Crippen LogP contribution in [0.5, 0.6) is 0 Å². The van der Waals surface area contributed by atoms with E-state index in [1.807, 2.05) is 0 Å². The fourth-order valence-corrected chi connectivity index (χ4v) is 3.72. The van der Waals surface area contributed by atoms with Crippen LogP contribution in [0.4, 0.5) is 0 Å². The molecule has 1 heterocycles. The topological polar surface area (TPSA) is 41.1 Å². The maximum atomic E-state index is 12.1. The molecule has 0 aromatic rings. The molecule has 1 amide bonds. The number of piperidine rings is 1. The third kappa shape index (κ3) is 4.79. The maximum Gasteiger partial charge on any atom is 0.224 e. The van der Waals surface area contributed by atoms with Crippen molar-refractivity contribution in [2.75, 3.05) is 19.6 Å². The first kappa shape index (κ1) is 14.8. The third-order valence-electron chi connectivity index (χ3n) is 4.84. The van der Waals surface area contributed by atoms with Gasteiger partial charge in [0.1, 0.15) is 0 Å². The lowest BCUT2D eigenvalue weighted by atomic mass is 9.81. The van der Waals surface area contributed by atoms with E-state index in [9.17, 15) is 4.79 Å². The summed E-state index contributed by atoms with van der Waals surface area (Å²) in [6.07, 6.45) is 7.71. The molecule has 3 heteroatoms. The number of hydrogen-bond donors (Lipinski definition) is 2. The largest absolute Gasteiger partial charge is 0.356 e. The van der Waals surface area contributed by atoms with Gasteiger partial charge in [0.2, 0.25) is 5.91 Å². The molecular formula is C16H30N2O. The number of carbonyl (C=O) groups excluding carboxylic acids is 1. The van der Waals surface area contributed by atoms with Gasteiger partial charge in [-0.3, -0.25) is 4.79 Å². The van der Waals surface area contributed by atoms with Crippen LogP contribution in [-0.4, -0.2) is 25.5 Å². The predicted molar refractivity (Wildman–Crippen MR) is 78.9 cm³/mol. The van der Waals surface area contributed by atoms with Gasteiger partial charge in [0, 0.05) is 13.1 Å². The highest BCUT2D eigenvalue weighted by Crippen LogP contribution is 2.30. The molecule has 1 aliphatic carbocycles. The summed E-state index contributed by atoms with van der Waals surface area (Å²) >= 11 is 0. The lowest BCUT2D eigenvalue weighted by Gasteiger charge is -2.28. The van der Waals surface area contributed by atoms with Gasteiger partial charge in [-0.15, -0.1) is 0 Å². The van der Waals surface area contributed by atoms with Crippen LogP contribution in [0.25, 0.3) is 0 Å². The fraction of sp³-hybridized carbons (Fsp3) is 0.938. The zero-order valence-corrected chi connectivity index (χ0v) is 12.6. The average Bonchev–Trinajstić information content (AvgIpc) is 2.38. The lowest BCUT2D eigenvalue weighted by molar-refractivity contribution is -0.125. The van der Waals surface area contributed by atoms with Gasteiger partial charge in [-0.05, 0) is 43.6 Å². The first-order valence-electron chi connectivity index (χ1n) is 8.13. The summed E-state index contributed by atoms with van der Waals surface area (Å²) in [5, 5.41) is 6.51. The molecule has 0 aromatic heterocycles. The van der Waals surface area contributed by atoms with Crippen molar-refractivity contribution in [3.05, 3.63) is 0 Å². The van der Waals surface area contributed by atoms with Gasteiger partial charge >= 0.3 is 0 Å². The molecule has 0 spiro atoms. The summed E-state index contributed by atoms with van der Waals surface area (Å²) in [6, 6.07) is 0. The number of hydrogen-bond acceptors (Lipinski definition) is 2. The summed E-state index contributed by atoms with van der Waals surface area (Å²) < 4.78 is 0. The molecule has 3 nitrogen and oxygen atoms in total. The van der Waals surface area contributed by atoms with Gasteiger partial charge in [-0.1, -0.05) is 33.1 Å². The average molecular weight is 266 g/mol. The van der Waals surface area contributed by atoms with E-state index in [0.717, 1.165) is 37.9 Å². The normalized spacial score (nSPS) is 35.9. The van der Waals surface area contributed by atoms with Crippen molar-refractivity contribution in [2.24, 2.45) is 23.7 Å². The van der Waals surface area contributed by atoms with Crippen molar-refractivity contribution in [3.8, 4) is 0 Å². The van der Waals surface area contributed by atoms with Crippen LogP contribution in [0.15, 0.2) is 0 Å². The van der Waals surface area contributed by atoms with Crippen LogP contribution in [0, 0.1) is 23.7 Å². The van der Waals surface area contributed by atoms with Crippen molar-refractivity contribution in [1.82, 2.24) is 10.6 Å². The van der Waals surface area contributed by atoms with E-state index in [4.69, 9.17) is 0 Å². The molecular weight excluding hydrogens is 236 g/mol. The van der Waals surface area contributed by atoms with Crippen molar-refractivity contribution < 1.29 is 4.79 Å². The highest BCUT2D eigenvalue weighted by Gasteiger charge is 2.25. The van der Waals surface area contributed by atoms with Gasteiger partial charge in [-0.25, -0.2) is 0 Å². The van der Waals surface area contributed by atoms with E-state index in [1.165, 1.54) is 32.1 Å². The van der Waals surface area contributed by atoms with Crippen molar-refractivity contribution >= 4 is 5.91 Å². The van der Waals surface area contributed by atoms with E-state index in [0.29, 0.717) is 5.92 Å². The molecule has 1 saturated carbocycles. The Balaban J connectivity index is 1.63. The Morgan fingerprint density at radius 3 is 2.74 bits per heavy atom. The predicted octanol–water partition coefficient (Wildman–Crippen LogP) is 2.56. The van der Waals surface area contributed by atoms with Gasteiger partial charge in [-0.2, -0.15) is 0 Å². The second-order valence-electron chi connectivity index (χ2n) is 6.91. The highest BCUT2D eigenvalue weighted by atomic mass is 16.1. The number of rotatable bonds is 4. The second-order valence-corrected chi connectivity index (χ2v) is 6.91. The summed E-state index contributed by atoms with van der Waals surface area (Å²) in [5.41, 5.74) is 0. The number of nitrogens with one attached hydrogen (secondary N) is 2. The third-order valence-corrected chi connectivity index (χ3v) is 4.84. The summed E-state index contributed by atoms with van der Waals surface area (Å²) in [4.78, 5) is 12.1. The van der Waals surface area contributed by atoms with Crippen LogP contribution >= 0.6 is 0 Å². The summed E-state index contributed by atoms with van der Waals surface area (Å²) in [6.45, 7) is 7.37. The molecule has 2 fully saturated rings. The van der Waals surface area contributed by atoms with E-state index < -0.39 is 0 Å². The van der Waals surface area contributed by atoms with E-state index in [-0.39, 0.29) is 11.8 Å². The Bertz CT molecular complexity index is 292. The van der Waals surface area contributed by atoms with Gasteiger partial charge < -0.3 is 10.6 Å². The van der Waals surface area contributed by atoms with Gasteiger partial charge in [0.05, 0.1) is 5.92 Å². The zero-order chi connectivity index (χ0) is 13.7. The van der Waals surface area contributed by atoms with Crippen molar-refractivity contribution in [3.63, 3.8) is 0 Å². The van der Waals surface area contributed by atoms with Gasteiger partial charge in [0.25, 0.3) is 0 Å². The Morgan fingerprint density at radius 2 is 2.00 bits per heavy atom. The van der Waals surface area contributed by atoms with Gasteiger partial charge in [0.15, 0.2) is 0 Å². The maximum absolute atomic E-state index is 12.1. The summed E-state index contributed by atoms with van der Waals surface area (Å²) in [5.74, 6) is 2.81. The fourth-order valence-electron chi connectivity index (χ4n) is 3.72. The molecule has 0 aromatic carbocycles. The Morgan fingerprint density at radius 1 is 1.16 bits per heavy atom. The molecule has 4 atom stereocenters. The van der Waals surface area contributed by atoms with Crippen LogP contribution in [-0.2, 0) is 4.79 Å². The molecule has 2 rings (SSSR count). The SMILES string of the molecule is CC1CCCC(CCNC(=O)C2CNCC(C)C2)C1. The minimum absolute atomic E-state index is 0.189. The molecule has 1 aliphatic heterocycles. The standard InChI is InChI=1S/C16H30N2O/c1-12-4-3-5-14(8-12)6-7-18-16(19)15-9-13(2)10-17-11-15/h12-15,17H,3-11H2,1-2H3,(H,18,19).